The third-order valence-electron chi connectivity index (χ3n) is 3.75. The molecular weight excluding hydrogens is 276 g/mol. The van der Waals surface area contributed by atoms with Gasteiger partial charge in [0.2, 0.25) is 14.2 Å². The van der Waals surface area contributed by atoms with E-state index in [0.717, 1.165) is 25.2 Å². The van der Waals surface area contributed by atoms with E-state index in [1.807, 2.05) is 0 Å². The lowest BCUT2D eigenvalue weighted by Gasteiger charge is -2.34. The van der Waals surface area contributed by atoms with Crippen LogP contribution in [0, 0.1) is 0 Å². The third kappa shape index (κ3) is 1.85. The molecule has 3 rings (SSSR count). The lowest BCUT2D eigenvalue weighted by atomic mass is 10.2. The number of hydrogen-bond donors (Lipinski definition) is 2. The quantitative estimate of drug-likeness (QED) is 0.654. The fourth-order valence-corrected chi connectivity index (χ4v) is 3.53. The zero-order valence-electron chi connectivity index (χ0n) is 9.71. The van der Waals surface area contributed by atoms with Gasteiger partial charge in [0.1, 0.15) is 0 Å². The van der Waals surface area contributed by atoms with Crippen LogP contribution in [0.3, 0.4) is 0 Å². The Morgan fingerprint density at radius 2 is 2.39 bits per heavy atom. The molecule has 0 saturated carbocycles. The molecule has 0 radical (unpaired) electrons. The predicted molar refractivity (Wildman–Crippen MR) is 70.0 cm³/mol. The summed E-state index contributed by atoms with van der Waals surface area (Å²) < 4.78 is 21.3. The van der Waals surface area contributed by atoms with Crippen molar-refractivity contribution in [2.45, 2.75) is 22.7 Å². The molecule has 2 fully saturated rings. The molecule has 0 aliphatic carbocycles. The van der Waals surface area contributed by atoms with E-state index in [-0.39, 0.29) is 0 Å². The van der Waals surface area contributed by atoms with Gasteiger partial charge in [-0.2, -0.15) is 0 Å². The van der Waals surface area contributed by atoms with Crippen molar-refractivity contribution in [3.05, 3.63) is 11.8 Å². The zero-order valence-corrected chi connectivity index (χ0v) is 11.3. The van der Waals surface area contributed by atoms with Crippen molar-refractivity contribution in [2.24, 2.45) is 10.1 Å². The maximum Gasteiger partial charge on any atom is 0.237 e. The number of nitrogens with zero attached hydrogens (tertiary/aromatic N) is 2. The molecule has 3 N–H and O–H groups in total. The number of halogens is 1. The molecule has 18 heavy (non-hydrogen) atoms. The van der Waals surface area contributed by atoms with Gasteiger partial charge in [0.15, 0.2) is 0 Å². The van der Waals surface area contributed by atoms with Crippen molar-refractivity contribution in [2.75, 3.05) is 19.6 Å². The molecule has 0 aromatic heterocycles. The fourth-order valence-electron chi connectivity index (χ4n) is 2.82. The molecule has 2 bridgehead atoms. The molecule has 6 nitrogen and oxygen atoms in total. The van der Waals surface area contributed by atoms with Crippen molar-refractivity contribution in [1.29, 1.82) is 0 Å². The van der Waals surface area contributed by atoms with E-state index in [2.05, 4.69) is 15.2 Å². The molecule has 3 aliphatic heterocycles. The molecule has 0 spiro atoms. The number of nitrogens with one attached hydrogen (secondary N) is 1. The van der Waals surface area contributed by atoms with Crippen molar-refractivity contribution in [3.63, 3.8) is 0 Å². The first-order chi connectivity index (χ1) is 8.39. The number of likely N-dealkylation sites (tertiary alicyclic amines) is 1. The van der Waals surface area contributed by atoms with E-state index in [0.29, 0.717) is 18.6 Å². The summed E-state index contributed by atoms with van der Waals surface area (Å²) in [4.78, 5) is 6.25. The maximum absolute atomic E-state index is 11.5. The molecule has 0 amide bonds. The van der Waals surface area contributed by atoms with Crippen molar-refractivity contribution < 1.29 is 8.42 Å². The molecule has 0 aromatic carbocycles. The summed E-state index contributed by atoms with van der Waals surface area (Å²) >= 11 is 6.05. The van der Waals surface area contributed by atoms with Gasteiger partial charge in [0.25, 0.3) is 0 Å². The van der Waals surface area contributed by atoms with E-state index in [1.54, 1.807) is 0 Å². The Balaban J connectivity index is 1.90. The van der Waals surface area contributed by atoms with Gasteiger partial charge in [-0.1, -0.05) is 11.6 Å². The van der Waals surface area contributed by atoms with Gasteiger partial charge < -0.3 is 10.2 Å². The lowest BCUT2D eigenvalue weighted by Crippen LogP contribution is -2.46. The summed E-state index contributed by atoms with van der Waals surface area (Å²) in [6.45, 7) is 2.27. The largest absolute Gasteiger partial charge is 0.368 e. The second-order valence-corrected chi connectivity index (χ2v) is 7.61. The normalized spacial score (nSPS) is 39.2. The van der Waals surface area contributed by atoms with Crippen molar-refractivity contribution in [1.82, 2.24) is 10.2 Å². The summed E-state index contributed by atoms with van der Waals surface area (Å²) in [5, 5.41) is 8.55. The standard InChI is InChI=1S/C10H15ClN4O2S/c11-10(18(12,16)17)2-9(3-13-6-10)15-5-7-1-8(15)4-14-7/h2,6-8,14H,1,3-5H2,(H2,12,16,17)/t7-,8-,10?/m1/s1. The predicted octanol–water partition coefficient (Wildman–Crippen LogP) is -0.776. The first-order valence-corrected chi connectivity index (χ1v) is 7.75. The topological polar surface area (TPSA) is 87.8 Å². The van der Waals surface area contributed by atoms with Gasteiger partial charge in [-0.15, -0.1) is 0 Å². The number of fused-ring (bicyclic) bond motifs is 2. The SMILES string of the molecule is NS(=O)(=O)C1(Cl)C=NCC(N2C[C@H]3C[C@@H]2CN3)=C1. The summed E-state index contributed by atoms with van der Waals surface area (Å²) in [6.07, 6.45) is 3.82. The molecule has 1 unspecified atom stereocenters. The molecule has 100 valence electrons. The second-order valence-electron chi connectivity index (χ2n) is 5.00. The molecule has 3 aliphatic rings. The van der Waals surface area contributed by atoms with Crippen LogP contribution in [0.5, 0.6) is 0 Å². The highest BCUT2D eigenvalue weighted by molar-refractivity contribution is 7.93. The smallest absolute Gasteiger partial charge is 0.237 e. The summed E-state index contributed by atoms with van der Waals surface area (Å²) in [5.41, 5.74) is 0.857. The minimum Gasteiger partial charge on any atom is -0.368 e. The number of hydrogen-bond acceptors (Lipinski definition) is 5. The summed E-state index contributed by atoms with van der Waals surface area (Å²) in [5.74, 6) is 0. The first-order valence-electron chi connectivity index (χ1n) is 5.83. The van der Waals surface area contributed by atoms with Crippen molar-refractivity contribution >= 4 is 27.8 Å². The van der Waals surface area contributed by atoms with Gasteiger partial charge >= 0.3 is 0 Å². The Labute approximate surface area is 111 Å². The average Bonchev–Trinajstić information content (AvgIpc) is 2.89. The number of sulfonamides is 1. The number of rotatable bonds is 2. The van der Waals surface area contributed by atoms with Crippen LogP contribution < -0.4 is 10.5 Å². The number of aliphatic imine (C=N–C) groups is 1. The monoisotopic (exact) mass is 290 g/mol. The minimum atomic E-state index is -3.90. The molecule has 3 atom stereocenters. The second kappa shape index (κ2) is 3.93. The van der Waals surface area contributed by atoms with Crippen LogP contribution in [0.1, 0.15) is 6.42 Å². The van der Waals surface area contributed by atoms with E-state index in [1.165, 1.54) is 12.3 Å². The summed E-state index contributed by atoms with van der Waals surface area (Å²) in [7, 11) is -3.90. The van der Waals surface area contributed by atoms with Crippen LogP contribution in [-0.2, 0) is 10.0 Å². The van der Waals surface area contributed by atoms with Gasteiger partial charge in [0.05, 0.1) is 6.54 Å². The minimum absolute atomic E-state index is 0.413. The van der Waals surface area contributed by atoms with Gasteiger partial charge in [-0.25, -0.2) is 13.6 Å². The first kappa shape index (κ1) is 12.4. The van der Waals surface area contributed by atoms with Crippen molar-refractivity contribution in [3.8, 4) is 0 Å². The number of piperazine rings is 1. The Morgan fingerprint density at radius 1 is 1.61 bits per heavy atom. The highest BCUT2D eigenvalue weighted by Crippen LogP contribution is 2.32. The zero-order chi connectivity index (χ0) is 13.0. The Morgan fingerprint density at radius 3 is 2.94 bits per heavy atom. The van der Waals surface area contributed by atoms with E-state index in [4.69, 9.17) is 16.7 Å². The number of primary sulfonamides is 1. The number of alkyl halides is 1. The van der Waals surface area contributed by atoms with E-state index >= 15 is 0 Å². The van der Waals surface area contributed by atoms with Crippen LogP contribution in [0.2, 0.25) is 0 Å². The average molecular weight is 291 g/mol. The molecule has 3 heterocycles. The Kier molecular flexibility index (Phi) is 2.71. The van der Waals surface area contributed by atoms with Crippen LogP contribution in [-0.4, -0.2) is 55.5 Å². The molecule has 8 heteroatoms. The van der Waals surface area contributed by atoms with Gasteiger partial charge in [0, 0.05) is 37.1 Å². The van der Waals surface area contributed by atoms with Gasteiger partial charge in [-0.3, -0.25) is 4.99 Å². The highest BCUT2D eigenvalue weighted by atomic mass is 35.5. The van der Waals surface area contributed by atoms with Crippen LogP contribution in [0.15, 0.2) is 16.8 Å². The number of dihydropyridines is 1. The van der Waals surface area contributed by atoms with E-state index < -0.39 is 14.2 Å². The maximum atomic E-state index is 11.5. The van der Waals surface area contributed by atoms with Crippen LogP contribution in [0.4, 0.5) is 0 Å². The van der Waals surface area contributed by atoms with E-state index in [9.17, 15) is 8.42 Å². The molecule has 0 aromatic rings. The Hall–Kier alpha value is -0.630. The third-order valence-corrected chi connectivity index (χ3v) is 5.69. The molecule has 2 saturated heterocycles. The van der Waals surface area contributed by atoms with Gasteiger partial charge in [-0.05, 0) is 12.5 Å². The Bertz CT molecular complexity index is 532. The highest BCUT2D eigenvalue weighted by Gasteiger charge is 2.43. The van der Waals surface area contributed by atoms with Crippen LogP contribution >= 0.6 is 11.6 Å². The fraction of sp³-hybridized carbons (Fsp3) is 0.700. The summed E-state index contributed by atoms with van der Waals surface area (Å²) in [6, 6.07) is 0.900. The van der Waals surface area contributed by atoms with Crippen LogP contribution in [0.25, 0.3) is 0 Å². The number of nitrogens with two attached hydrogens (primary N) is 1. The molecular formula is C10H15ClN4O2S. The lowest BCUT2D eigenvalue weighted by molar-refractivity contribution is 0.280.